The molecule has 1 unspecified atom stereocenters. The second kappa shape index (κ2) is 6.97. The maximum absolute atomic E-state index is 10.1. The zero-order valence-corrected chi connectivity index (χ0v) is 15.2. The van der Waals surface area contributed by atoms with Crippen molar-refractivity contribution in [1.29, 1.82) is 0 Å². The van der Waals surface area contributed by atoms with E-state index in [-0.39, 0.29) is 6.10 Å². The third-order valence-corrected chi connectivity index (χ3v) is 6.83. The summed E-state index contributed by atoms with van der Waals surface area (Å²) in [5.74, 6) is 3.97. The smallest absolute Gasteiger partial charge is 0.0787 e. The molecule has 0 heterocycles. The van der Waals surface area contributed by atoms with Gasteiger partial charge in [0.1, 0.15) is 0 Å². The fourth-order valence-corrected chi connectivity index (χ4v) is 5.41. The van der Waals surface area contributed by atoms with Gasteiger partial charge in [-0.1, -0.05) is 50.6 Å². The lowest BCUT2D eigenvalue weighted by atomic mass is 9.72. The lowest BCUT2D eigenvalue weighted by Crippen LogP contribution is -2.24. The van der Waals surface area contributed by atoms with E-state index in [1.54, 1.807) is 5.57 Å². The van der Waals surface area contributed by atoms with Gasteiger partial charge in [-0.3, -0.25) is 0 Å². The third-order valence-electron chi connectivity index (χ3n) is 6.83. The number of rotatable bonds is 2. The first kappa shape index (κ1) is 17.0. The Labute approximate surface area is 142 Å². The van der Waals surface area contributed by atoms with Crippen LogP contribution < -0.4 is 0 Å². The second-order valence-corrected chi connectivity index (χ2v) is 8.61. The summed E-state index contributed by atoms with van der Waals surface area (Å²) >= 11 is 0. The van der Waals surface area contributed by atoms with Crippen molar-refractivity contribution in [1.82, 2.24) is 0 Å². The first-order chi connectivity index (χ1) is 11.0. The van der Waals surface area contributed by atoms with Gasteiger partial charge >= 0.3 is 0 Å². The Hall–Kier alpha value is -0.820. The van der Waals surface area contributed by atoms with E-state index < -0.39 is 0 Å². The van der Waals surface area contributed by atoms with Crippen molar-refractivity contribution in [3.63, 3.8) is 0 Å². The van der Waals surface area contributed by atoms with Crippen molar-refractivity contribution >= 4 is 0 Å². The van der Waals surface area contributed by atoms with Crippen LogP contribution in [0.15, 0.2) is 35.5 Å². The average molecular weight is 315 g/mol. The van der Waals surface area contributed by atoms with Gasteiger partial charge in [0.2, 0.25) is 0 Å². The molecule has 0 aromatic rings. The molecule has 128 valence electrons. The highest BCUT2D eigenvalue weighted by Crippen LogP contribution is 2.50. The van der Waals surface area contributed by atoms with Crippen molar-refractivity contribution in [2.24, 2.45) is 29.6 Å². The van der Waals surface area contributed by atoms with Crippen LogP contribution in [0.3, 0.4) is 0 Å². The molecule has 1 N–H and O–H groups in total. The lowest BCUT2D eigenvalue weighted by molar-refractivity contribution is 0.185. The molecule has 3 aliphatic carbocycles. The Morgan fingerprint density at radius 3 is 2.61 bits per heavy atom. The number of aliphatic hydroxyl groups is 1. The first-order valence-corrected chi connectivity index (χ1v) is 9.72. The maximum atomic E-state index is 10.1. The molecule has 0 aliphatic heterocycles. The van der Waals surface area contributed by atoms with Crippen molar-refractivity contribution in [2.75, 3.05) is 0 Å². The highest BCUT2D eigenvalue weighted by atomic mass is 16.3. The van der Waals surface area contributed by atoms with Crippen LogP contribution in [0.2, 0.25) is 0 Å². The molecular weight excluding hydrogens is 280 g/mol. The van der Waals surface area contributed by atoms with Gasteiger partial charge < -0.3 is 5.11 Å². The molecule has 23 heavy (non-hydrogen) atoms. The summed E-state index contributed by atoms with van der Waals surface area (Å²) in [6.07, 6.45) is 13.2. The van der Waals surface area contributed by atoms with E-state index in [1.165, 1.54) is 37.7 Å². The molecule has 5 atom stereocenters. The third kappa shape index (κ3) is 3.50. The summed E-state index contributed by atoms with van der Waals surface area (Å²) in [6.45, 7) is 11.0. The van der Waals surface area contributed by atoms with E-state index in [0.717, 1.165) is 42.1 Å². The van der Waals surface area contributed by atoms with Crippen LogP contribution in [-0.4, -0.2) is 11.2 Å². The van der Waals surface area contributed by atoms with Crippen LogP contribution in [0.25, 0.3) is 0 Å². The van der Waals surface area contributed by atoms with Crippen LogP contribution >= 0.6 is 0 Å². The summed E-state index contributed by atoms with van der Waals surface area (Å²) in [7, 11) is 0. The van der Waals surface area contributed by atoms with Gasteiger partial charge in [-0.2, -0.15) is 0 Å². The largest absolute Gasteiger partial charge is 0.388 e. The second-order valence-electron chi connectivity index (χ2n) is 8.61. The average Bonchev–Trinajstić information content (AvgIpc) is 2.95. The molecule has 3 fully saturated rings. The Kier molecular flexibility index (Phi) is 5.16. The van der Waals surface area contributed by atoms with Gasteiger partial charge in [0, 0.05) is 0 Å². The molecule has 0 spiro atoms. The summed E-state index contributed by atoms with van der Waals surface area (Å²) in [4.78, 5) is 0. The lowest BCUT2D eigenvalue weighted by Gasteiger charge is -2.33. The topological polar surface area (TPSA) is 20.2 Å². The maximum Gasteiger partial charge on any atom is 0.0787 e. The van der Waals surface area contributed by atoms with Gasteiger partial charge in [0.05, 0.1) is 6.10 Å². The number of hydrogen-bond donors (Lipinski definition) is 1. The van der Waals surface area contributed by atoms with Crippen LogP contribution in [0.4, 0.5) is 0 Å². The normalized spacial score (nSPS) is 41.8. The molecule has 0 saturated heterocycles. The number of fused-ring (bicyclic) bond motifs is 1. The highest BCUT2D eigenvalue weighted by molar-refractivity contribution is 5.28. The fourth-order valence-electron chi connectivity index (χ4n) is 5.41. The van der Waals surface area contributed by atoms with Crippen molar-refractivity contribution in [3.8, 4) is 0 Å². The Balaban J connectivity index is 1.72. The van der Waals surface area contributed by atoms with Crippen LogP contribution in [0.5, 0.6) is 0 Å². The quantitative estimate of drug-likeness (QED) is 0.651. The predicted molar refractivity (Wildman–Crippen MR) is 98.1 cm³/mol. The fraction of sp³-hybridized carbons (Fsp3) is 0.727. The molecule has 0 aromatic carbocycles. The molecule has 0 bridgehead atoms. The van der Waals surface area contributed by atoms with E-state index >= 15 is 0 Å². The molecule has 3 aliphatic rings. The summed E-state index contributed by atoms with van der Waals surface area (Å²) in [5.41, 5.74) is 4.12. The van der Waals surface area contributed by atoms with Gasteiger partial charge in [-0.15, -0.1) is 0 Å². The van der Waals surface area contributed by atoms with Crippen LogP contribution in [0.1, 0.15) is 65.7 Å². The van der Waals surface area contributed by atoms with Crippen molar-refractivity contribution < 1.29 is 5.11 Å². The molecule has 1 heteroatoms. The number of allylic oxidation sites excluding steroid dienone is 3. The van der Waals surface area contributed by atoms with E-state index in [1.807, 2.05) is 0 Å². The minimum atomic E-state index is -0.334. The molecular formula is C22H34O. The summed E-state index contributed by atoms with van der Waals surface area (Å²) < 4.78 is 0. The number of hydrogen-bond acceptors (Lipinski definition) is 1. The van der Waals surface area contributed by atoms with E-state index in [2.05, 4.69) is 39.5 Å². The van der Waals surface area contributed by atoms with Gasteiger partial charge in [0.25, 0.3) is 0 Å². The van der Waals surface area contributed by atoms with Crippen molar-refractivity contribution in [3.05, 3.63) is 35.5 Å². The Morgan fingerprint density at radius 2 is 1.91 bits per heavy atom. The van der Waals surface area contributed by atoms with E-state index in [9.17, 15) is 5.11 Å². The molecule has 3 saturated carbocycles. The zero-order chi connectivity index (χ0) is 16.6. The summed E-state index contributed by atoms with van der Waals surface area (Å²) in [6, 6.07) is 0. The summed E-state index contributed by atoms with van der Waals surface area (Å²) in [5, 5.41) is 10.1. The number of aliphatic hydroxyl groups excluding tert-OH is 1. The highest BCUT2D eigenvalue weighted by Gasteiger charge is 2.40. The Bertz CT molecular complexity index is 494. The Morgan fingerprint density at radius 1 is 1.13 bits per heavy atom. The van der Waals surface area contributed by atoms with Crippen LogP contribution in [0, 0.1) is 29.6 Å². The molecule has 0 radical (unpaired) electrons. The standard InChI is InChI=1S/C22H34O/c1-14(2)19-10-11-20-18(6-5-7-21(19)20)9-8-17-12-15(3)16(4)22(23)13-17/h8-9,14-15,19-23H,4-7,10-13H2,1-3H3/b17-8-,18-9+/t15-,19?,20+,21-,22-/m1/s1. The minimum Gasteiger partial charge on any atom is -0.388 e. The molecule has 1 nitrogen and oxygen atoms in total. The van der Waals surface area contributed by atoms with E-state index in [4.69, 9.17) is 0 Å². The van der Waals surface area contributed by atoms with Crippen LogP contribution in [-0.2, 0) is 0 Å². The van der Waals surface area contributed by atoms with Gasteiger partial charge in [-0.05, 0) is 80.1 Å². The first-order valence-electron chi connectivity index (χ1n) is 9.72. The SMILES string of the molecule is C=C1[C@H](C)C/C(=C/C=C2\CCC[C@@H]3C(C(C)C)CC[C@@H]23)C[C@H]1O. The van der Waals surface area contributed by atoms with Crippen molar-refractivity contribution in [2.45, 2.75) is 71.8 Å². The van der Waals surface area contributed by atoms with Gasteiger partial charge in [0.15, 0.2) is 0 Å². The molecule has 3 rings (SSSR count). The van der Waals surface area contributed by atoms with E-state index in [0.29, 0.717) is 5.92 Å². The zero-order valence-electron chi connectivity index (χ0n) is 15.2. The van der Waals surface area contributed by atoms with Gasteiger partial charge in [-0.25, -0.2) is 0 Å². The minimum absolute atomic E-state index is 0.334. The molecule has 0 aromatic heterocycles. The predicted octanol–water partition coefficient (Wildman–Crippen LogP) is 5.67. The monoisotopic (exact) mass is 314 g/mol. The molecule has 0 amide bonds.